The van der Waals surface area contributed by atoms with Gasteiger partial charge in [-0.25, -0.2) is 0 Å². The molecule has 108 valence electrons. The maximum atomic E-state index is 5.47. The van der Waals surface area contributed by atoms with Gasteiger partial charge in [0.1, 0.15) is 0 Å². The quantitative estimate of drug-likeness (QED) is 0.844. The minimum atomic E-state index is 0.287. The van der Waals surface area contributed by atoms with Gasteiger partial charge >= 0.3 is 0 Å². The van der Waals surface area contributed by atoms with Gasteiger partial charge < -0.3 is 10.1 Å². The first-order chi connectivity index (χ1) is 9.20. The molecule has 0 amide bonds. The number of hydrogen-bond acceptors (Lipinski definition) is 3. The molecule has 0 unspecified atom stereocenters. The summed E-state index contributed by atoms with van der Waals surface area (Å²) in [6.07, 6.45) is 9.18. The maximum Gasteiger partial charge on any atom is 0.157 e. The summed E-state index contributed by atoms with van der Waals surface area (Å²) >= 11 is 1.92. The predicted molar refractivity (Wildman–Crippen MR) is 81.9 cm³/mol. The fraction of sp³-hybridized carbons (Fsp3) is 0.933. The first kappa shape index (κ1) is 13.7. The molecule has 2 saturated heterocycles. The summed E-state index contributed by atoms with van der Waals surface area (Å²) in [5, 5.41) is 4.88. The Labute approximate surface area is 121 Å². The Balaban J connectivity index is 1.56. The van der Waals surface area contributed by atoms with Crippen LogP contribution < -0.4 is 5.32 Å². The third-order valence-electron chi connectivity index (χ3n) is 4.97. The minimum Gasteiger partial charge on any atom is -0.381 e. The molecule has 3 nitrogen and oxygen atoms in total. The lowest BCUT2D eigenvalue weighted by Crippen LogP contribution is -2.48. The zero-order valence-corrected chi connectivity index (χ0v) is 12.9. The van der Waals surface area contributed by atoms with E-state index in [2.05, 4.69) is 12.2 Å². The summed E-state index contributed by atoms with van der Waals surface area (Å²) in [6, 6.07) is 0. The number of thioether (sulfide) groups is 1. The zero-order valence-electron chi connectivity index (χ0n) is 12.0. The second-order valence-corrected chi connectivity index (χ2v) is 7.76. The molecule has 0 radical (unpaired) electrons. The van der Waals surface area contributed by atoms with Gasteiger partial charge in [0.25, 0.3) is 0 Å². The van der Waals surface area contributed by atoms with Crippen molar-refractivity contribution in [3.63, 3.8) is 0 Å². The number of rotatable bonds is 2. The number of aliphatic imine (C=N–C) groups is 1. The van der Waals surface area contributed by atoms with Crippen LogP contribution in [-0.4, -0.2) is 36.2 Å². The van der Waals surface area contributed by atoms with Gasteiger partial charge in [-0.2, -0.15) is 0 Å². The van der Waals surface area contributed by atoms with E-state index in [0.717, 1.165) is 32.6 Å². The molecule has 19 heavy (non-hydrogen) atoms. The Hall–Kier alpha value is -0.220. The Kier molecular flexibility index (Phi) is 4.08. The summed E-state index contributed by atoms with van der Waals surface area (Å²) in [4.78, 5) is 4.90. The van der Waals surface area contributed by atoms with E-state index in [1.165, 1.54) is 43.0 Å². The summed E-state index contributed by atoms with van der Waals surface area (Å²) in [6.45, 7) is 5.23. The molecule has 0 atom stereocenters. The molecule has 0 aromatic carbocycles. The van der Waals surface area contributed by atoms with E-state index < -0.39 is 0 Å². The largest absolute Gasteiger partial charge is 0.381 e. The molecule has 1 spiro atoms. The van der Waals surface area contributed by atoms with E-state index in [4.69, 9.17) is 9.73 Å². The first-order valence-corrected chi connectivity index (χ1v) is 8.72. The van der Waals surface area contributed by atoms with Gasteiger partial charge in [0, 0.05) is 25.5 Å². The summed E-state index contributed by atoms with van der Waals surface area (Å²) < 4.78 is 5.47. The molecule has 1 N–H and O–H groups in total. The summed E-state index contributed by atoms with van der Waals surface area (Å²) in [5.41, 5.74) is 0.744. The first-order valence-electron chi connectivity index (χ1n) is 7.73. The molecule has 0 aromatic heterocycles. The molecule has 4 heteroatoms. The van der Waals surface area contributed by atoms with E-state index >= 15 is 0 Å². The van der Waals surface area contributed by atoms with Crippen LogP contribution in [0.25, 0.3) is 0 Å². The fourth-order valence-electron chi connectivity index (χ4n) is 3.45. The predicted octanol–water partition coefficient (Wildman–Crippen LogP) is 3.20. The molecule has 1 aliphatic carbocycles. The van der Waals surface area contributed by atoms with Crippen LogP contribution in [0.3, 0.4) is 0 Å². The molecular formula is C15H26N2OS. The van der Waals surface area contributed by atoms with E-state index in [1.807, 2.05) is 11.8 Å². The number of hydrogen-bond donors (Lipinski definition) is 1. The highest BCUT2D eigenvalue weighted by Gasteiger charge is 2.39. The van der Waals surface area contributed by atoms with Crippen molar-refractivity contribution in [3.8, 4) is 0 Å². The van der Waals surface area contributed by atoms with Crippen molar-refractivity contribution in [2.75, 3.05) is 25.5 Å². The zero-order chi connectivity index (χ0) is 13.2. The van der Waals surface area contributed by atoms with Gasteiger partial charge in [-0.1, -0.05) is 37.9 Å². The molecule has 2 aliphatic heterocycles. The second-order valence-electron chi connectivity index (χ2n) is 6.80. The van der Waals surface area contributed by atoms with Crippen LogP contribution in [0.5, 0.6) is 0 Å². The molecule has 1 saturated carbocycles. The third kappa shape index (κ3) is 3.27. The Morgan fingerprint density at radius 3 is 2.63 bits per heavy atom. The van der Waals surface area contributed by atoms with Gasteiger partial charge in [0.05, 0.1) is 5.54 Å². The van der Waals surface area contributed by atoms with E-state index in [-0.39, 0.29) is 5.54 Å². The molecule has 0 bridgehead atoms. The van der Waals surface area contributed by atoms with Crippen LogP contribution in [0, 0.1) is 5.41 Å². The van der Waals surface area contributed by atoms with Crippen LogP contribution in [0.1, 0.15) is 51.9 Å². The SMILES string of the molecule is CC1(CN=C2NC3(CCOCC3)CS2)CCCCC1. The normalized spacial score (nSPS) is 31.5. The lowest BCUT2D eigenvalue weighted by molar-refractivity contribution is 0.0555. The third-order valence-corrected chi connectivity index (χ3v) is 6.17. The maximum absolute atomic E-state index is 5.47. The second kappa shape index (κ2) is 5.65. The highest BCUT2D eigenvalue weighted by molar-refractivity contribution is 8.14. The van der Waals surface area contributed by atoms with Crippen molar-refractivity contribution >= 4 is 16.9 Å². The smallest absolute Gasteiger partial charge is 0.157 e. The Bertz CT molecular complexity index is 344. The van der Waals surface area contributed by atoms with Crippen molar-refractivity contribution in [3.05, 3.63) is 0 Å². The van der Waals surface area contributed by atoms with E-state index in [0.29, 0.717) is 5.41 Å². The van der Waals surface area contributed by atoms with Gasteiger partial charge in [-0.15, -0.1) is 0 Å². The molecular weight excluding hydrogens is 256 g/mol. The highest BCUT2D eigenvalue weighted by Crippen LogP contribution is 2.37. The topological polar surface area (TPSA) is 33.6 Å². The molecule has 3 rings (SSSR count). The number of amidine groups is 1. The molecule has 2 heterocycles. The van der Waals surface area contributed by atoms with Gasteiger partial charge in [0.2, 0.25) is 0 Å². The lowest BCUT2D eigenvalue weighted by atomic mass is 9.76. The minimum absolute atomic E-state index is 0.287. The standard InChI is InChI=1S/C15H26N2OS/c1-14(5-3-2-4-6-14)11-16-13-17-15(12-19-13)7-9-18-10-8-15/h2-12H2,1H3,(H,16,17). The van der Waals surface area contributed by atoms with Crippen molar-refractivity contribution in [2.24, 2.45) is 10.4 Å². The molecule has 3 aliphatic rings. The monoisotopic (exact) mass is 282 g/mol. The van der Waals surface area contributed by atoms with Crippen LogP contribution in [-0.2, 0) is 4.74 Å². The molecule has 3 fully saturated rings. The fourth-order valence-corrected chi connectivity index (χ4v) is 4.67. The van der Waals surface area contributed by atoms with Gasteiger partial charge in [0.15, 0.2) is 5.17 Å². The Morgan fingerprint density at radius 1 is 1.16 bits per heavy atom. The van der Waals surface area contributed by atoms with E-state index in [9.17, 15) is 0 Å². The van der Waals surface area contributed by atoms with Crippen molar-refractivity contribution in [1.82, 2.24) is 5.32 Å². The average Bonchev–Trinajstić information content (AvgIpc) is 2.82. The lowest BCUT2D eigenvalue weighted by Gasteiger charge is -2.33. The average molecular weight is 282 g/mol. The van der Waals surface area contributed by atoms with Crippen molar-refractivity contribution in [2.45, 2.75) is 57.4 Å². The van der Waals surface area contributed by atoms with Crippen LogP contribution in [0.15, 0.2) is 4.99 Å². The number of nitrogens with one attached hydrogen (secondary N) is 1. The Morgan fingerprint density at radius 2 is 1.89 bits per heavy atom. The summed E-state index contributed by atoms with van der Waals surface area (Å²) in [7, 11) is 0. The van der Waals surface area contributed by atoms with Gasteiger partial charge in [-0.3, -0.25) is 4.99 Å². The number of ether oxygens (including phenoxy) is 1. The number of nitrogens with zero attached hydrogens (tertiary/aromatic N) is 1. The van der Waals surface area contributed by atoms with E-state index in [1.54, 1.807) is 0 Å². The van der Waals surface area contributed by atoms with Crippen LogP contribution >= 0.6 is 11.8 Å². The van der Waals surface area contributed by atoms with Crippen LogP contribution in [0.2, 0.25) is 0 Å². The van der Waals surface area contributed by atoms with Crippen LogP contribution in [0.4, 0.5) is 0 Å². The highest BCUT2D eigenvalue weighted by atomic mass is 32.2. The van der Waals surface area contributed by atoms with Crippen molar-refractivity contribution < 1.29 is 4.74 Å². The van der Waals surface area contributed by atoms with Crippen molar-refractivity contribution in [1.29, 1.82) is 0 Å². The van der Waals surface area contributed by atoms with Gasteiger partial charge in [-0.05, 0) is 31.1 Å². The molecule has 0 aromatic rings. The summed E-state index contributed by atoms with van der Waals surface area (Å²) in [5.74, 6) is 1.17.